The number of nitrogens with zero attached hydrogens (tertiary/aromatic N) is 1. The van der Waals surface area contributed by atoms with Gasteiger partial charge in [-0.2, -0.15) is 0 Å². The number of likely N-dealkylation sites (N-methyl/N-ethyl adjacent to an activating group) is 1. The number of anilines is 1. The van der Waals surface area contributed by atoms with Gasteiger partial charge in [0.25, 0.3) is 5.91 Å². The predicted molar refractivity (Wildman–Crippen MR) is 81.3 cm³/mol. The van der Waals surface area contributed by atoms with E-state index in [4.69, 9.17) is 5.73 Å². The monoisotopic (exact) mass is 297 g/mol. The van der Waals surface area contributed by atoms with E-state index < -0.39 is 0 Å². The van der Waals surface area contributed by atoms with E-state index in [9.17, 15) is 9.59 Å². The molecule has 3 N–H and O–H groups in total. The maximum atomic E-state index is 12.0. The molecule has 1 aromatic carbocycles. The van der Waals surface area contributed by atoms with Crippen molar-refractivity contribution >= 4 is 29.9 Å². The van der Waals surface area contributed by atoms with Crippen LogP contribution in [0.4, 0.5) is 5.69 Å². The van der Waals surface area contributed by atoms with Crippen molar-refractivity contribution in [1.29, 1.82) is 0 Å². The number of hydrogen-bond donors (Lipinski definition) is 2. The lowest BCUT2D eigenvalue weighted by molar-refractivity contribution is -0.116. The van der Waals surface area contributed by atoms with Crippen molar-refractivity contribution in [3.8, 4) is 0 Å². The Bertz CT molecular complexity index is 517. The Labute approximate surface area is 124 Å². The Morgan fingerprint density at radius 3 is 2.85 bits per heavy atom. The highest BCUT2D eigenvalue weighted by Crippen LogP contribution is 2.22. The van der Waals surface area contributed by atoms with Crippen LogP contribution in [0, 0.1) is 0 Å². The fourth-order valence-electron chi connectivity index (χ4n) is 2.17. The summed E-state index contributed by atoms with van der Waals surface area (Å²) in [4.78, 5) is 25.4. The summed E-state index contributed by atoms with van der Waals surface area (Å²) < 4.78 is 0. The van der Waals surface area contributed by atoms with E-state index in [0.29, 0.717) is 11.3 Å². The first-order valence-electron chi connectivity index (χ1n) is 6.41. The topological polar surface area (TPSA) is 75.4 Å². The first kappa shape index (κ1) is 16.5. The van der Waals surface area contributed by atoms with E-state index in [0.717, 1.165) is 18.5 Å². The summed E-state index contributed by atoms with van der Waals surface area (Å²) in [7, 11) is 1.78. The molecule has 110 valence electrons. The maximum absolute atomic E-state index is 12.0. The predicted octanol–water partition coefficient (Wildman–Crippen LogP) is 1.41. The zero-order valence-corrected chi connectivity index (χ0v) is 12.5. The van der Waals surface area contributed by atoms with E-state index in [1.54, 1.807) is 24.9 Å². The van der Waals surface area contributed by atoms with Crippen LogP contribution < -0.4 is 11.1 Å². The molecule has 1 heterocycles. The lowest BCUT2D eigenvalue weighted by Gasteiger charge is -2.25. The number of amides is 2. The molecule has 0 bridgehead atoms. The van der Waals surface area contributed by atoms with Crippen molar-refractivity contribution in [3.63, 3.8) is 0 Å². The highest BCUT2D eigenvalue weighted by molar-refractivity contribution is 5.99. The van der Waals surface area contributed by atoms with Crippen molar-refractivity contribution in [2.75, 3.05) is 18.9 Å². The van der Waals surface area contributed by atoms with Crippen LogP contribution >= 0.6 is 12.4 Å². The summed E-state index contributed by atoms with van der Waals surface area (Å²) in [5.74, 6) is -0.129. The number of rotatable bonds is 3. The molecular formula is C14H20ClN3O2. The average Bonchev–Trinajstić information content (AvgIpc) is 2.33. The Balaban J connectivity index is 0.00000200. The molecule has 0 aromatic heterocycles. The van der Waals surface area contributed by atoms with Gasteiger partial charge in [0.15, 0.2) is 0 Å². The van der Waals surface area contributed by atoms with Gasteiger partial charge < -0.3 is 16.0 Å². The molecule has 2 amide bonds. The molecule has 20 heavy (non-hydrogen) atoms. The van der Waals surface area contributed by atoms with E-state index in [1.807, 2.05) is 12.1 Å². The minimum absolute atomic E-state index is 0. The van der Waals surface area contributed by atoms with Gasteiger partial charge in [0.05, 0.1) is 0 Å². The second-order valence-electron chi connectivity index (χ2n) is 5.08. The van der Waals surface area contributed by atoms with Crippen LogP contribution in [0.1, 0.15) is 29.3 Å². The molecule has 1 unspecified atom stereocenters. The smallest absolute Gasteiger partial charge is 0.253 e. The van der Waals surface area contributed by atoms with Gasteiger partial charge in [-0.3, -0.25) is 9.59 Å². The second-order valence-corrected chi connectivity index (χ2v) is 5.08. The highest BCUT2D eigenvalue weighted by Gasteiger charge is 2.21. The third kappa shape index (κ3) is 3.71. The summed E-state index contributed by atoms with van der Waals surface area (Å²) in [5.41, 5.74) is 7.93. The summed E-state index contributed by atoms with van der Waals surface area (Å²) in [6.45, 7) is 2.52. The van der Waals surface area contributed by atoms with Gasteiger partial charge in [0.1, 0.15) is 0 Å². The number of carbonyl (C=O) groups excluding carboxylic acids is 2. The summed E-state index contributed by atoms with van der Waals surface area (Å²) in [5, 5.41) is 2.77. The molecule has 1 aliphatic rings. The van der Waals surface area contributed by atoms with Crippen LogP contribution in [-0.4, -0.2) is 36.3 Å². The zero-order valence-electron chi connectivity index (χ0n) is 11.7. The van der Waals surface area contributed by atoms with Gasteiger partial charge >= 0.3 is 0 Å². The van der Waals surface area contributed by atoms with E-state index >= 15 is 0 Å². The summed E-state index contributed by atoms with van der Waals surface area (Å²) in [6.07, 6.45) is 1.12. The molecule has 1 aliphatic heterocycles. The fourth-order valence-corrected chi connectivity index (χ4v) is 2.17. The molecule has 1 aromatic rings. The third-order valence-corrected chi connectivity index (χ3v) is 3.19. The van der Waals surface area contributed by atoms with Crippen LogP contribution in [0.5, 0.6) is 0 Å². The number of nitrogens with two attached hydrogens (primary N) is 1. The van der Waals surface area contributed by atoms with Gasteiger partial charge in [0, 0.05) is 37.3 Å². The highest BCUT2D eigenvalue weighted by atomic mass is 35.5. The molecule has 0 saturated carbocycles. The molecular weight excluding hydrogens is 278 g/mol. The van der Waals surface area contributed by atoms with Crippen molar-refractivity contribution in [2.45, 2.75) is 25.8 Å². The SMILES string of the molecule is CC(N)CC(=O)Nc1ccc2c(c1)C(=O)N(C)CC2.Cl. The van der Waals surface area contributed by atoms with Crippen molar-refractivity contribution in [3.05, 3.63) is 29.3 Å². The molecule has 0 radical (unpaired) electrons. The Hall–Kier alpha value is -1.59. The van der Waals surface area contributed by atoms with Gasteiger partial charge in [-0.15, -0.1) is 12.4 Å². The quantitative estimate of drug-likeness (QED) is 0.886. The van der Waals surface area contributed by atoms with Gasteiger partial charge in [-0.25, -0.2) is 0 Å². The van der Waals surface area contributed by atoms with Crippen molar-refractivity contribution in [1.82, 2.24) is 4.90 Å². The average molecular weight is 298 g/mol. The number of benzene rings is 1. The van der Waals surface area contributed by atoms with Gasteiger partial charge in [0.2, 0.25) is 5.91 Å². The molecule has 2 rings (SSSR count). The van der Waals surface area contributed by atoms with Gasteiger partial charge in [-0.1, -0.05) is 6.07 Å². The fraction of sp³-hybridized carbons (Fsp3) is 0.429. The van der Waals surface area contributed by atoms with E-state index in [2.05, 4.69) is 5.32 Å². The molecule has 5 nitrogen and oxygen atoms in total. The summed E-state index contributed by atoms with van der Waals surface area (Å²) >= 11 is 0. The lowest BCUT2D eigenvalue weighted by Crippen LogP contribution is -2.34. The Morgan fingerprint density at radius 2 is 2.20 bits per heavy atom. The standard InChI is InChI=1S/C14H19N3O2.ClH/c1-9(15)7-13(18)16-11-4-3-10-5-6-17(2)14(19)12(10)8-11;/h3-4,8-9H,5-7,15H2,1-2H3,(H,16,18);1H. The Morgan fingerprint density at radius 1 is 1.50 bits per heavy atom. The van der Waals surface area contributed by atoms with Crippen LogP contribution in [-0.2, 0) is 11.2 Å². The first-order chi connectivity index (χ1) is 8.97. The number of carbonyl (C=O) groups is 2. The zero-order chi connectivity index (χ0) is 14.0. The normalized spacial score (nSPS) is 15.2. The molecule has 0 spiro atoms. The Kier molecular flexibility index (Phi) is 5.53. The van der Waals surface area contributed by atoms with E-state index in [1.165, 1.54) is 0 Å². The van der Waals surface area contributed by atoms with Crippen molar-refractivity contribution in [2.24, 2.45) is 5.73 Å². The first-order valence-corrected chi connectivity index (χ1v) is 6.41. The minimum Gasteiger partial charge on any atom is -0.341 e. The van der Waals surface area contributed by atoms with Crippen LogP contribution in [0.25, 0.3) is 0 Å². The van der Waals surface area contributed by atoms with Gasteiger partial charge in [-0.05, 0) is 31.0 Å². The number of nitrogens with one attached hydrogen (secondary N) is 1. The molecule has 6 heteroatoms. The van der Waals surface area contributed by atoms with Crippen LogP contribution in [0.2, 0.25) is 0 Å². The summed E-state index contributed by atoms with van der Waals surface area (Å²) in [6, 6.07) is 5.30. The molecule has 1 atom stereocenters. The molecule has 0 saturated heterocycles. The number of hydrogen-bond acceptors (Lipinski definition) is 3. The number of fused-ring (bicyclic) bond motifs is 1. The van der Waals surface area contributed by atoms with E-state index in [-0.39, 0.29) is 36.7 Å². The maximum Gasteiger partial charge on any atom is 0.253 e. The minimum atomic E-state index is -0.176. The van der Waals surface area contributed by atoms with Crippen LogP contribution in [0.3, 0.4) is 0 Å². The lowest BCUT2D eigenvalue weighted by atomic mass is 9.98. The molecule has 0 fully saturated rings. The van der Waals surface area contributed by atoms with Crippen molar-refractivity contribution < 1.29 is 9.59 Å². The molecule has 0 aliphatic carbocycles. The van der Waals surface area contributed by atoms with Crippen LogP contribution in [0.15, 0.2) is 18.2 Å². The number of halogens is 1. The largest absolute Gasteiger partial charge is 0.341 e. The second kappa shape index (κ2) is 6.72. The third-order valence-electron chi connectivity index (χ3n) is 3.19.